The van der Waals surface area contributed by atoms with E-state index in [4.69, 9.17) is 23.8 Å². The minimum Gasteiger partial charge on any atom is -0.303 e. The lowest BCUT2D eigenvalue weighted by molar-refractivity contribution is -0.122. The molecule has 2 amide bonds. The van der Waals surface area contributed by atoms with E-state index in [0.29, 0.717) is 32.9 Å². The number of carbonyl (C=O) groups excluding carboxylic acids is 2. The van der Waals surface area contributed by atoms with Crippen molar-refractivity contribution in [3.05, 3.63) is 69.6 Å². The van der Waals surface area contributed by atoms with Crippen LogP contribution in [-0.4, -0.2) is 27.6 Å². The van der Waals surface area contributed by atoms with Crippen molar-refractivity contribution < 1.29 is 9.59 Å². The second-order valence-electron chi connectivity index (χ2n) is 7.59. The van der Waals surface area contributed by atoms with Crippen molar-refractivity contribution >= 4 is 63.0 Å². The zero-order valence-electron chi connectivity index (χ0n) is 17.3. The van der Waals surface area contributed by atoms with Gasteiger partial charge in [-0.1, -0.05) is 98.2 Å². The van der Waals surface area contributed by atoms with Crippen LogP contribution in [0.2, 0.25) is 5.02 Å². The summed E-state index contributed by atoms with van der Waals surface area (Å²) < 4.78 is 0.527. The minimum absolute atomic E-state index is 0.163. The zero-order chi connectivity index (χ0) is 22.0. The van der Waals surface area contributed by atoms with Gasteiger partial charge in [0.05, 0.1) is 22.7 Å². The van der Waals surface area contributed by atoms with Crippen LogP contribution >= 0.6 is 35.6 Å². The third-order valence-electron chi connectivity index (χ3n) is 5.52. The topological polar surface area (TPSA) is 40.6 Å². The summed E-state index contributed by atoms with van der Waals surface area (Å²) in [6.07, 6.45) is 4.24. The van der Waals surface area contributed by atoms with E-state index >= 15 is 0 Å². The number of para-hydroxylation sites is 1. The number of unbranched alkanes of at least 4 members (excludes halogenated alkanes) is 3. The molecule has 0 aromatic heterocycles. The SMILES string of the molecule is CCCCCCN1C(=O)C(=C2C(=O)N(Cc3ccccc3Cl)c3ccccc32)SC1=S. The second-order valence-corrected chi connectivity index (χ2v) is 9.64. The third-order valence-corrected chi connectivity index (χ3v) is 7.34. The first kappa shape index (κ1) is 22.1. The number of amides is 2. The highest BCUT2D eigenvalue weighted by molar-refractivity contribution is 8.26. The van der Waals surface area contributed by atoms with Crippen molar-refractivity contribution in [1.29, 1.82) is 0 Å². The Hall–Kier alpha value is -2.15. The van der Waals surface area contributed by atoms with Crippen LogP contribution in [0.1, 0.15) is 43.7 Å². The first-order valence-electron chi connectivity index (χ1n) is 10.5. The molecule has 2 aliphatic rings. The molecule has 31 heavy (non-hydrogen) atoms. The number of thioether (sulfide) groups is 1. The lowest BCUT2D eigenvalue weighted by atomic mass is 10.1. The van der Waals surface area contributed by atoms with Crippen molar-refractivity contribution in [2.24, 2.45) is 0 Å². The number of carbonyl (C=O) groups is 2. The fourth-order valence-corrected chi connectivity index (χ4v) is 5.47. The first-order valence-corrected chi connectivity index (χ1v) is 12.1. The molecule has 0 spiro atoms. The Bertz CT molecular complexity index is 1080. The molecule has 2 aromatic carbocycles. The second kappa shape index (κ2) is 9.55. The summed E-state index contributed by atoms with van der Waals surface area (Å²) in [6.45, 7) is 3.10. The smallest absolute Gasteiger partial charge is 0.267 e. The largest absolute Gasteiger partial charge is 0.303 e. The number of rotatable bonds is 7. The van der Waals surface area contributed by atoms with Crippen LogP contribution in [0.25, 0.3) is 5.57 Å². The van der Waals surface area contributed by atoms with E-state index in [2.05, 4.69) is 6.92 Å². The van der Waals surface area contributed by atoms with Crippen molar-refractivity contribution in [3.8, 4) is 0 Å². The van der Waals surface area contributed by atoms with Crippen molar-refractivity contribution in [2.45, 2.75) is 39.2 Å². The number of hydrogen-bond acceptors (Lipinski definition) is 4. The van der Waals surface area contributed by atoms with Gasteiger partial charge in [-0.05, 0) is 24.1 Å². The van der Waals surface area contributed by atoms with Gasteiger partial charge in [-0.3, -0.25) is 14.5 Å². The van der Waals surface area contributed by atoms with E-state index in [-0.39, 0.29) is 11.8 Å². The van der Waals surface area contributed by atoms with Crippen LogP contribution in [-0.2, 0) is 16.1 Å². The molecule has 0 radical (unpaired) electrons. The zero-order valence-corrected chi connectivity index (χ0v) is 19.7. The van der Waals surface area contributed by atoms with Crippen molar-refractivity contribution in [2.75, 3.05) is 11.4 Å². The van der Waals surface area contributed by atoms with Gasteiger partial charge >= 0.3 is 0 Å². The Morgan fingerprint density at radius 1 is 0.935 bits per heavy atom. The number of benzene rings is 2. The lowest BCUT2D eigenvalue weighted by Crippen LogP contribution is -2.30. The summed E-state index contributed by atoms with van der Waals surface area (Å²) in [5.41, 5.74) is 2.86. The Labute approximate surface area is 197 Å². The van der Waals surface area contributed by atoms with Crippen LogP contribution < -0.4 is 4.90 Å². The van der Waals surface area contributed by atoms with E-state index in [1.807, 2.05) is 48.5 Å². The molecule has 0 unspecified atom stereocenters. The summed E-state index contributed by atoms with van der Waals surface area (Å²) in [5, 5.41) is 0.611. The average Bonchev–Trinajstić information content (AvgIpc) is 3.20. The molecule has 0 aliphatic carbocycles. The van der Waals surface area contributed by atoms with Gasteiger partial charge in [0.25, 0.3) is 11.8 Å². The molecule has 0 saturated carbocycles. The van der Waals surface area contributed by atoms with Crippen molar-refractivity contribution in [3.63, 3.8) is 0 Å². The molecule has 2 aliphatic heterocycles. The van der Waals surface area contributed by atoms with Gasteiger partial charge in [-0.2, -0.15) is 0 Å². The molecule has 160 valence electrons. The summed E-state index contributed by atoms with van der Waals surface area (Å²) >= 11 is 13.1. The Balaban J connectivity index is 1.66. The highest BCUT2D eigenvalue weighted by Crippen LogP contribution is 2.45. The summed E-state index contributed by atoms with van der Waals surface area (Å²) in [6, 6.07) is 15.1. The quantitative estimate of drug-likeness (QED) is 0.281. The first-order chi connectivity index (χ1) is 15.0. The van der Waals surface area contributed by atoms with E-state index < -0.39 is 0 Å². The maximum Gasteiger partial charge on any atom is 0.267 e. The van der Waals surface area contributed by atoms with Crippen LogP contribution in [0.15, 0.2) is 53.4 Å². The molecule has 0 N–H and O–H groups in total. The maximum absolute atomic E-state index is 13.5. The summed E-state index contributed by atoms with van der Waals surface area (Å²) in [4.78, 5) is 30.5. The highest BCUT2D eigenvalue weighted by Gasteiger charge is 2.41. The molecule has 1 saturated heterocycles. The molecule has 0 bridgehead atoms. The molecule has 2 aromatic rings. The Kier molecular flexibility index (Phi) is 6.80. The van der Waals surface area contributed by atoms with Crippen LogP contribution in [0, 0.1) is 0 Å². The third kappa shape index (κ3) is 4.29. The normalized spacial score (nSPS) is 18.3. The van der Waals surface area contributed by atoms with Gasteiger partial charge in [0, 0.05) is 17.1 Å². The molecule has 4 rings (SSSR count). The fourth-order valence-electron chi connectivity index (χ4n) is 3.89. The molecule has 7 heteroatoms. The number of fused-ring (bicyclic) bond motifs is 1. The standard InChI is InChI=1S/C24H23ClN2O2S2/c1-2-3-4-9-14-26-23(29)21(31-24(26)30)20-17-11-6-8-13-19(17)27(22(20)28)15-16-10-5-7-12-18(16)25/h5-8,10-13H,2-4,9,14-15H2,1H3. The van der Waals surface area contributed by atoms with E-state index in [9.17, 15) is 9.59 Å². The predicted octanol–water partition coefficient (Wildman–Crippen LogP) is 6.04. The highest BCUT2D eigenvalue weighted by atomic mass is 35.5. The number of anilines is 1. The molecular weight excluding hydrogens is 448 g/mol. The van der Waals surface area contributed by atoms with E-state index in [1.54, 1.807) is 9.80 Å². The van der Waals surface area contributed by atoms with Gasteiger partial charge in [0.15, 0.2) is 0 Å². The van der Waals surface area contributed by atoms with E-state index in [1.165, 1.54) is 11.8 Å². The Morgan fingerprint density at radius 3 is 2.45 bits per heavy atom. The predicted molar refractivity (Wildman–Crippen MR) is 132 cm³/mol. The molecular formula is C24H23ClN2O2S2. The van der Waals surface area contributed by atoms with E-state index in [0.717, 1.165) is 42.5 Å². The summed E-state index contributed by atoms with van der Waals surface area (Å²) in [7, 11) is 0. The molecule has 2 heterocycles. The van der Waals surface area contributed by atoms with Gasteiger partial charge in [0.1, 0.15) is 4.32 Å². The molecule has 4 nitrogen and oxygen atoms in total. The molecule has 0 atom stereocenters. The number of hydrogen-bond donors (Lipinski definition) is 0. The van der Waals surface area contributed by atoms with Crippen LogP contribution in [0.3, 0.4) is 0 Å². The Morgan fingerprint density at radius 2 is 1.68 bits per heavy atom. The van der Waals surface area contributed by atoms with Gasteiger partial charge in [0.2, 0.25) is 0 Å². The average molecular weight is 471 g/mol. The minimum atomic E-state index is -0.187. The lowest BCUT2D eigenvalue weighted by Gasteiger charge is -2.18. The summed E-state index contributed by atoms with van der Waals surface area (Å²) in [5.74, 6) is -0.350. The monoisotopic (exact) mass is 470 g/mol. The van der Waals surface area contributed by atoms with Crippen LogP contribution in [0.4, 0.5) is 5.69 Å². The fraction of sp³-hybridized carbons (Fsp3) is 0.292. The molecule has 1 fully saturated rings. The maximum atomic E-state index is 13.5. The van der Waals surface area contributed by atoms with Gasteiger partial charge < -0.3 is 4.90 Å². The van der Waals surface area contributed by atoms with Crippen molar-refractivity contribution in [1.82, 2.24) is 4.90 Å². The van der Waals surface area contributed by atoms with Crippen LogP contribution in [0.5, 0.6) is 0 Å². The number of thiocarbonyl (C=S) groups is 1. The number of nitrogens with zero attached hydrogens (tertiary/aromatic N) is 2. The van der Waals surface area contributed by atoms with Gasteiger partial charge in [-0.15, -0.1) is 0 Å². The number of halogens is 1. The van der Waals surface area contributed by atoms with Gasteiger partial charge in [-0.25, -0.2) is 0 Å².